The molecule has 0 aliphatic rings. The second kappa shape index (κ2) is 5.23. The molecule has 2 nitrogen and oxygen atoms in total. The summed E-state index contributed by atoms with van der Waals surface area (Å²) >= 11 is 5.73. The second-order valence-electron chi connectivity index (χ2n) is 3.26. The SMILES string of the molecule is CC(=O)N/C(=C\c1ccccc1Cl)C(F)(F)F. The molecule has 6 heteroatoms. The number of allylic oxidation sites excluding steroid dienone is 1. The molecule has 0 aromatic heterocycles. The van der Waals surface area contributed by atoms with E-state index in [4.69, 9.17) is 11.6 Å². The van der Waals surface area contributed by atoms with Gasteiger partial charge in [-0.3, -0.25) is 4.79 Å². The third-order valence-electron chi connectivity index (χ3n) is 1.82. The van der Waals surface area contributed by atoms with E-state index in [1.165, 1.54) is 12.1 Å². The van der Waals surface area contributed by atoms with Crippen LogP contribution in [0.25, 0.3) is 6.08 Å². The molecule has 17 heavy (non-hydrogen) atoms. The molecule has 0 radical (unpaired) electrons. The number of hydrogen-bond acceptors (Lipinski definition) is 1. The lowest BCUT2D eigenvalue weighted by molar-refractivity contribution is -0.124. The standard InChI is InChI=1S/C11H9ClF3NO/c1-7(17)16-10(11(13,14)15)6-8-4-2-3-5-9(8)12/h2-6H,1H3,(H,16,17)/b10-6-. The Morgan fingerprint density at radius 3 is 2.41 bits per heavy atom. The van der Waals surface area contributed by atoms with E-state index in [1.54, 1.807) is 17.4 Å². The molecule has 1 aromatic rings. The lowest BCUT2D eigenvalue weighted by atomic mass is 10.2. The van der Waals surface area contributed by atoms with E-state index in [-0.39, 0.29) is 10.6 Å². The van der Waals surface area contributed by atoms with Crippen LogP contribution in [-0.2, 0) is 4.79 Å². The summed E-state index contributed by atoms with van der Waals surface area (Å²) in [6.07, 6.45) is -3.84. The first-order valence-electron chi connectivity index (χ1n) is 4.61. The van der Waals surface area contributed by atoms with E-state index < -0.39 is 17.8 Å². The van der Waals surface area contributed by atoms with Crippen molar-refractivity contribution >= 4 is 23.6 Å². The fourth-order valence-electron chi connectivity index (χ4n) is 1.13. The highest BCUT2D eigenvalue weighted by Crippen LogP contribution is 2.27. The largest absolute Gasteiger partial charge is 0.431 e. The number of hydrogen-bond donors (Lipinski definition) is 1. The molecule has 0 saturated heterocycles. The maximum atomic E-state index is 12.6. The van der Waals surface area contributed by atoms with Gasteiger partial charge < -0.3 is 5.32 Å². The number of carbonyl (C=O) groups is 1. The first kappa shape index (κ1) is 13.6. The van der Waals surface area contributed by atoms with Crippen LogP contribution in [0.5, 0.6) is 0 Å². The molecule has 0 aliphatic carbocycles. The van der Waals surface area contributed by atoms with Crippen molar-refractivity contribution in [2.24, 2.45) is 0 Å². The van der Waals surface area contributed by atoms with Crippen LogP contribution in [0.2, 0.25) is 5.02 Å². The monoisotopic (exact) mass is 263 g/mol. The van der Waals surface area contributed by atoms with Crippen molar-refractivity contribution in [2.75, 3.05) is 0 Å². The normalized spacial score (nSPS) is 12.4. The molecule has 0 fully saturated rings. The van der Waals surface area contributed by atoms with E-state index in [2.05, 4.69) is 0 Å². The molecular formula is C11H9ClF3NO. The van der Waals surface area contributed by atoms with Gasteiger partial charge in [0, 0.05) is 11.9 Å². The Morgan fingerprint density at radius 1 is 1.35 bits per heavy atom. The molecule has 0 aliphatic heterocycles. The summed E-state index contributed by atoms with van der Waals surface area (Å²) in [5, 5.41) is 1.91. The van der Waals surface area contributed by atoms with Gasteiger partial charge in [-0.1, -0.05) is 29.8 Å². The number of halogens is 4. The molecule has 0 saturated carbocycles. The van der Waals surface area contributed by atoms with Crippen LogP contribution in [-0.4, -0.2) is 12.1 Å². The van der Waals surface area contributed by atoms with E-state index >= 15 is 0 Å². The highest BCUT2D eigenvalue weighted by Gasteiger charge is 2.34. The highest BCUT2D eigenvalue weighted by molar-refractivity contribution is 6.32. The Labute approximate surface area is 101 Å². The van der Waals surface area contributed by atoms with Crippen molar-refractivity contribution in [3.63, 3.8) is 0 Å². The molecule has 1 rings (SSSR count). The third kappa shape index (κ3) is 4.11. The molecule has 1 N–H and O–H groups in total. The predicted molar refractivity (Wildman–Crippen MR) is 59.3 cm³/mol. The summed E-state index contributed by atoms with van der Waals surface area (Å²) in [5.74, 6) is -0.791. The minimum absolute atomic E-state index is 0.180. The van der Waals surface area contributed by atoms with Crippen molar-refractivity contribution in [1.82, 2.24) is 5.32 Å². The van der Waals surface area contributed by atoms with Gasteiger partial charge in [0.05, 0.1) is 0 Å². The summed E-state index contributed by atoms with van der Waals surface area (Å²) in [7, 11) is 0. The van der Waals surface area contributed by atoms with Gasteiger partial charge in [0.2, 0.25) is 5.91 Å². The molecule has 0 spiro atoms. The molecule has 0 bridgehead atoms. The molecular weight excluding hydrogens is 255 g/mol. The first-order chi connectivity index (χ1) is 7.80. The van der Waals surface area contributed by atoms with Crippen molar-refractivity contribution in [3.8, 4) is 0 Å². The van der Waals surface area contributed by atoms with Crippen LogP contribution >= 0.6 is 11.6 Å². The van der Waals surface area contributed by atoms with Crippen LogP contribution < -0.4 is 5.32 Å². The van der Waals surface area contributed by atoms with E-state index in [9.17, 15) is 18.0 Å². The van der Waals surface area contributed by atoms with E-state index in [0.29, 0.717) is 0 Å². The fourth-order valence-corrected chi connectivity index (χ4v) is 1.32. The topological polar surface area (TPSA) is 29.1 Å². The van der Waals surface area contributed by atoms with Gasteiger partial charge in [-0.05, 0) is 17.7 Å². The number of nitrogens with one attached hydrogen (secondary N) is 1. The van der Waals surface area contributed by atoms with Gasteiger partial charge in [0.15, 0.2) is 0 Å². The second-order valence-corrected chi connectivity index (χ2v) is 3.67. The van der Waals surface area contributed by atoms with Crippen LogP contribution in [0.4, 0.5) is 13.2 Å². The smallest absolute Gasteiger partial charge is 0.322 e. The Bertz CT molecular complexity index is 454. The summed E-state index contributed by atoms with van der Waals surface area (Å²) in [6, 6.07) is 6.05. The Balaban J connectivity index is 3.14. The van der Waals surface area contributed by atoms with Crippen LogP contribution in [0.15, 0.2) is 30.0 Å². The van der Waals surface area contributed by atoms with Crippen molar-refractivity contribution < 1.29 is 18.0 Å². The summed E-state index contributed by atoms with van der Waals surface area (Å²) in [4.78, 5) is 10.7. The van der Waals surface area contributed by atoms with Gasteiger partial charge in [0.25, 0.3) is 0 Å². The fraction of sp³-hybridized carbons (Fsp3) is 0.182. The Kier molecular flexibility index (Phi) is 4.17. The molecule has 1 amide bonds. The van der Waals surface area contributed by atoms with Gasteiger partial charge in [-0.25, -0.2) is 0 Å². The zero-order chi connectivity index (χ0) is 13.1. The maximum Gasteiger partial charge on any atom is 0.431 e. The third-order valence-corrected chi connectivity index (χ3v) is 2.17. The van der Waals surface area contributed by atoms with Gasteiger partial charge >= 0.3 is 6.18 Å². The van der Waals surface area contributed by atoms with E-state index in [0.717, 1.165) is 13.0 Å². The highest BCUT2D eigenvalue weighted by atomic mass is 35.5. The zero-order valence-electron chi connectivity index (χ0n) is 8.81. The Morgan fingerprint density at radius 2 is 1.94 bits per heavy atom. The lowest BCUT2D eigenvalue weighted by Gasteiger charge is -2.12. The van der Waals surface area contributed by atoms with E-state index in [1.807, 2.05) is 0 Å². The van der Waals surface area contributed by atoms with Crippen LogP contribution in [0, 0.1) is 0 Å². The molecule has 92 valence electrons. The van der Waals surface area contributed by atoms with Crippen LogP contribution in [0.1, 0.15) is 12.5 Å². The zero-order valence-corrected chi connectivity index (χ0v) is 9.56. The maximum absolute atomic E-state index is 12.6. The van der Waals surface area contributed by atoms with Crippen molar-refractivity contribution in [1.29, 1.82) is 0 Å². The minimum Gasteiger partial charge on any atom is -0.322 e. The number of alkyl halides is 3. The summed E-state index contributed by atoms with van der Waals surface area (Å²) < 4.78 is 37.7. The molecule has 0 heterocycles. The Hall–Kier alpha value is -1.49. The molecule has 0 atom stereocenters. The number of benzene rings is 1. The quantitative estimate of drug-likeness (QED) is 0.871. The van der Waals surface area contributed by atoms with Gasteiger partial charge in [0.1, 0.15) is 5.70 Å². The number of rotatable bonds is 2. The number of carbonyl (C=O) groups excluding carboxylic acids is 1. The minimum atomic E-state index is -4.63. The predicted octanol–water partition coefficient (Wildman–Crippen LogP) is 3.38. The first-order valence-corrected chi connectivity index (χ1v) is 4.99. The van der Waals surface area contributed by atoms with Crippen molar-refractivity contribution in [2.45, 2.75) is 13.1 Å². The lowest BCUT2D eigenvalue weighted by Crippen LogP contribution is -2.29. The van der Waals surface area contributed by atoms with Crippen LogP contribution in [0.3, 0.4) is 0 Å². The summed E-state index contributed by atoms with van der Waals surface area (Å²) in [6.45, 7) is 1.01. The van der Waals surface area contributed by atoms with Gasteiger partial charge in [-0.15, -0.1) is 0 Å². The van der Waals surface area contributed by atoms with Crippen molar-refractivity contribution in [3.05, 3.63) is 40.5 Å². The molecule has 1 aromatic carbocycles. The average Bonchev–Trinajstić information content (AvgIpc) is 2.18. The summed E-state index contributed by atoms with van der Waals surface area (Å²) in [5.41, 5.74) is -0.951. The molecule has 0 unspecified atom stereocenters. The average molecular weight is 264 g/mol. The number of amides is 1. The van der Waals surface area contributed by atoms with Gasteiger partial charge in [-0.2, -0.15) is 13.2 Å².